The number of aliphatic hydroxyl groups excluding tert-OH is 1. The van der Waals surface area contributed by atoms with Crippen LogP contribution in [-0.2, 0) is 19.1 Å². The lowest BCUT2D eigenvalue weighted by Crippen LogP contribution is -2.26. The lowest BCUT2D eigenvalue weighted by molar-refractivity contribution is -0.155. The highest BCUT2D eigenvalue weighted by molar-refractivity contribution is 5.73. The summed E-state index contributed by atoms with van der Waals surface area (Å²) in [6.45, 7) is 2.63. The van der Waals surface area contributed by atoms with Gasteiger partial charge < -0.3 is 14.6 Å². The zero-order valence-electron chi connectivity index (χ0n) is 7.78. The van der Waals surface area contributed by atoms with Crippen molar-refractivity contribution in [2.24, 2.45) is 5.92 Å². The lowest BCUT2D eigenvalue weighted by atomic mass is 10.2. The number of aliphatic hydroxyl groups is 1. The highest BCUT2D eigenvalue weighted by Gasteiger charge is 2.19. The van der Waals surface area contributed by atoms with Gasteiger partial charge >= 0.3 is 11.9 Å². The Kier molecular flexibility index (Phi) is 5.88. The van der Waals surface area contributed by atoms with Crippen molar-refractivity contribution in [3.05, 3.63) is 0 Å². The minimum absolute atomic E-state index is 0.134. The minimum Gasteiger partial charge on any atom is -0.466 e. The lowest BCUT2D eigenvalue weighted by Gasteiger charge is -2.11. The van der Waals surface area contributed by atoms with E-state index in [-0.39, 0.29) is 19.8 Å². The Morgan fingerprint density at radius 3 is 2.38 bits per heavy atom. The average Bonchev–Trinajstić information content (AvgIpc) is 2.05. The summed E-state index contributed by atoms with van der Waals surface area (Å²) in [5.41, 5.74) is 0. The number of hydrogen-bond donors (Lipinski definition) is 1. The first-order valence-corrected chi connectivity index (χ1v) is 4.02. The van der Waals surface area contributed by atoms with E-state index in [1.54, 1.807) is 6.92 Å². The molecule has 0 aliphatic heterocycles. The summed E-state index contributed by atoms with van der Waals surface area (Å²) in [4.78, 5) is 21.4. The average molecular weight is 190 g/mol. The van der Waals surface area contributed by atoms with E-state index in [9.17, 15) is 9.59 Å². The molecule has 0 saturated carbocycles. The van der Waals surface area contributed by atoms with E-state index >= 15 is 0 Å². The highest BCUT2D eigenvalue weighted by atomic mass is 16.5. The van der Waals surface area contributed by atoms with Gasteiger partial charge in [0.1, 0.15) is 12.5 Å². The fourth-order valence-corrected chi connectivity index (χ4v) is 0.673. The van der Waals surface area contributed by atoms with Crippen LogP contribution in [0.1, 0.15) is 13.8 Å². The summed E-state index contributed by atoms with van der Waals surface area (Å²) in [6.07, 6.45) is 0. The molecule has 0 bridgehead atoms. The molecule has 76 valence electrons. The zero-order chi connectivity index (χ0) is 10.3. The first-order chi connectivity index (χ1) is 6.11. The zero-order valence-corrected chi connectivity index (χ0v) is 7.78. The molecule has 1 atom stereocenters. The number of hydrogen-bond acceptors (Lipinski definition) is 5. The van der Waals surface area contributed by atoms with Crippen LogP contribution in [0.4, 0.5) is 0 Å². The van der Waals surface area contributed by atoms with Crippen LogP contribution in [0.3, 0.4) is 0 Å². The van der Waals surface area contributed by atoms with Crippen molar-refractivity contribution in [3.8, 4) is 0 Å². The molecular weight excluding hydrogens is 176 g/mol. The van der Waals surface area contributed by atoms with Gasteiger partial charge in [-0.15, -0.1) is 0 Å². The third kappa shape index (κ3) is 5.19. The maximum absolute atomic E-state index is 11.0. The molecule has 0 saturated heterocycles. The summed E-state index contributed by atoms with van der Waals surface area (Å²) >= 11 is 0. The second-order valence-corrected chi connectivity index (χ2v) is 2.43. The first-order valence-electron chi connectivity index (χ1n) is 4.02. The van der Waals surface area contributed by atoms with Gasteiger partial charge in [-0.3, -0.25) is 9.59 Å². The summed E-state index contributed by atoms with van der Waals surface area (Å²) in [5, 5.41) is 8.74. The molecule has 5 heteroatoms. The van der Waals surface area contributed by atoms with Gasteiger partial charge in [-0.2, -0.15) is 0 Å². The van der Waals surface area contributed by atoms with Gasteiger partial charge in [-0.05, 0) is 6.92 Å². The van der Waals surface area contributed by atoms with Crippen LogP contribution in [0.25, 0.3) is 0 Å². The van der Waals surface area contributed by atoms with E-state index in [0.717, 1.165) is 0 Å². The normalized spacial score (nSPS) is 11.9. The van der Waals surface area contributed by atoms with E-state index in [4.69, 9.17) is 5.11 Å². The van der Waals surface area contributed by atoms with E-state index < -0.39 is 17.9 Å². The molecule has 0 spiro atoms. The van der Waals surface area contributed by atoms with Gasteiger partial charge in [-0.25, -0.2) is 0 Å². The SMILES string of the molecule is CCOC(=O)C(CO)COC(C)=O. The van der Waals surface area contributed by atoms with Crippen LogP contribution < -0.4 is 0 Å². The molecule has 0 aromatic heterocycles. The molecule has 13 heavy (non-hydrogen) atoms. The number of rotatable bonds is 5. The van der Waals surface area contributed by atoms with Crippen LogP contribution in [0.15, 0.2) is 0 Å². The number of esters is 2. The standard InChI is InChI=1S/C8H14O5/c1-3-12-8(11)7(4-9)5-13-6(2)10/h7,9H,3-5H2,1-2H3. The van der Waals surface area contributed by atoms with Crippen molar-refractivity contribution in [2.45, 2.75) is 13.8 Å². The molecular formula is C8H14O5. The molecule has 0 aliphatic carbocycles. The molecule has 0 rings (SSSR count). The second-order valence-electron chi connectivity index (χ2n) is 2.43. The summed E-state index contributed by atoms with van der Waals surface area (Å²) in [7, 11) is 0. The van der Waals surface area contributed by atoms with E-state index in [0.29, 0.717) is 0 Å². The van der Waals surface area contributed by atoms with Crippen molar-refractivity contribution in [1.29, 1.82) is 0 Å². The predicted octanol–water partition coefficient (Wildman–Crippen LogP) is -0.279. The molecule has 0 heterocycles. The topological polar surface area (TPSA) is 72.8 Å². The fraction of sp³-hybridized carbons (Fsp3) is 0.750. The van der Waals surface area contributed by atoms with E-state index in [1.165, 1.54) is 6.92 Å². The van der Waals surface area contributed by atoms with Crippen molar-refractivity contribution < 1.29 is 24.2 Å². The number of ether oxygens (including phenoxy) is 2. The van der Waals surface area contributed by atoms with Crippen LogP contribution in [0.2, 0.25) is 0 Å². The minimum atomic E-state index is -0.774. The summed E-state index contributed by atoms with van der Waals surface area (Å²) in [5.74, 6) is -1.81. The Morgan fingerprint density at radius 2 is 2.00 bits per heavy atom. The Hall–Kier alpha value is -1.10. The third-order valence-electron chi connectivity index (χ3n) is 1.33. The molecule has 0 aliphatic rings. The Balaban J connectivity index is 3.87. The van der Waals surface area contributed by atoms with Crippen LogP contribution >= 0.6 is 0 Å². The number of carbonyl (C=O) groups is 2. The van der Waals surface area contributed by atoms with Gasteiger partial charge in [-0.1, -0.05) is 0 Å². The predicted molar refractivity (Wildman–Crippen MR) is 43.8 cm³/mol. The van der Waals surface area contributed by atoms with Crippen molar-refractivity contribution in [1.82, 2.24) is 0 Å². The molecule has 5 nitrogen and oxygen atoms in total. The van der Waals surface area contributed by atoms with Crippen LogP contribution in [-0.4, -0.2) is 36.9 Å². The van der Waals surface area contributed by atoms with Crippen molar-refractivity contribution >= 4 is 11.9 Å². The monoisotopic (exact) mass is 190 g/mol. The van der Waals surface area contributed by atoms with Gasteiger partial charge in [0.05, 0.1) is 13.2 Å². The van der Waals surface area contributed by atoms with Gasteiger partial charge in [0, 0.05) is 6.92 Å². The Bertz CT molecular complexity index is 177. The molecule has 0 radical (unpaired) electrons. The van der Waals surface area contributed by atoms with Gasteiger partial charge in [0.2, 0.25) is 0 Å². The quantitative estimate of drug-likeness (QED) is 0.604. The Morgan fingerprint density at radius 1 is 1.38 bits per heavy atom. The van der Waals surface area contributed by atoms with Crippen molar-refractivity contribution in [2.75, 3.05) is 19.8 Å². The molecule has 0 aromatic carbocycles. The third-order valence-corrected chi connectivity index (χ3v) is 1.33. The molecule has 0 amide bonds. The maximum Gasteiger partial charge on any atom is 0.314 e. The van der Waals surface area contributed by atoms with E-state index in [2.05, 4.69) is 9.47 Å². The molecule has 1 unspecified atom stereocenters. The number of carbonyl (C=O) groups excluding carboxylic acids is 2. The van der Waals surface area contributed by atoms with Crippen LogP contribution in [0, 0.1) is 5.92 Å². The Labute approximate surface area is 76.6 Å². The summed E-state index contributed by atoms with van der Waals surface area (Å²) in [6, 6.07) is 0. The highest BCUT2D eigenvalue weighted by Crippen LogP contribution is 2.00. The molecule has 1 N–H and O–H groups in total. The first kappa shape index (κ1) is 11.9. The molecule has 0 fully saturated rings. The van der Waals surface area contributed by atoms with Crippen LogP contribution in [0.5, 0.6) is 0 Å². The maximum atomic E-state index is 11.0. The largest absolute Gasteiger partial charge is 0.466 e. The fourth-order valence-electron chi connectivity index (χ4n) is 0.673. The van der Waals surface area contributed by atoms with E-state index in [1.807, 2.05) is 0 Å². The summed E-state index contributed by atoms with van der Waals surface area (Å²) < 4.78 is 9.20. The second kappa shape index (κ2) is 6.42. The smallest absolute Gasteiger partial charge is 0.314 e. The van der Waals surface area contributed by atoms with Crippen molar-refractivity contribution in [3.63, 3.8) is 0 Å². The van der Waals surface area contributed by atoms with Gasteiger partial charge in [0.15, 0.2) is 0 Å². The molecule has 0 aromatic rings. The van der Waals surface area contributed by atoms with Gasteiger partial charge in [0.25, 0.3) is 0 Å².